The highest BCUT2D eigenvalue weighted by molar-refractivity contribution is 6.32. The van der Waals surface area contributed by atoms with Crippen LogP contribution in [0.15, 0.2) is 71.4 Å². The standard InChI is InChI=1S/C29H28ClNO6/c1-19-9-10-23(15-20(19)2)35-13-11-34-12-14-36-27-24(30)16-21(18-26(27)33-3)17-25-29(32)37-28(31-25)22-7-5-4-6-8-22/h4-10,15-18H,11-14H2,1-3H3. The van der Waals surface area contributed by atoms with E-state index in [1.165, 1.54) is 18.2 Å². The van der Waals surface area contributed by atoms with Crippen LogP contribution in [-0.2, 0) is 14.3 Å². The predicted octanol–water partition coefficient (Wildman–Crippen LogP) is 5.78. The Morgan fingerprint density at radius 2 is 1.68 bits per heavy atom. The van der Waals surface area contributed by atoms with Crippen LogP contribution in [-0.4, -0.2) is 45.4 Å². The van der Waals surface area contributed by atoms with Crippen LogP contribution in [0.5, 0.6) is 17.2 Å². The fourth-order valence-corrected chi connectivity index (χ4v) is 3.83. The van der Waals surface area contributed by atoms with Crippen molar-refractivity contribution < 1.29 is 28.5 Å². The average molecular weight is 522 g/mol. The topological polar surface area (TPSA) is 75.6 Å². The van der Waals surface area contributed by atoms with Gasteiger partial charge < -0.3 is 23.7 Å². The van der Waals surface area contributed by atoms with E-state index in [1.54, 1.807) is 18.2 Å². The molecule has 0 saturated heterocycles. The maximum atomic E-state index is 12.3. The Balaban J connectivity index is 1.31. The normalized spacial score (nSPS) is 13.9. The van der Waals surface area contributed by atoms with Gasteiger partial charge in [-0.1, -0.05) is 35.9 Å². The number of methoxy groups -OCH3 is 1. The second kappa shape index (κ2) is 12.4. The van der Waals surface area contributed by atoms with Gasteiger partial charge in [0.05, 0.1) is 25.3 Å². The summed E-state index contributed by atoms with van der Waals surface area (Å²) in [6.07, 6.45) is 1.59. The van der Waals surface area contributed by atoms with E-state index in [4.69, 9.17) is 35.3 Å². The van der Waals surface area contributed by atoms with Crippen LogP contribution >= 0.6 is 11.6 Å². The van der Waals surface area contributed by atoms with Crippen molar-refractivity contribution in [1.82, 2.24) is 0 Å². The van der Waals surface area contributed by atoms with Gasteiger partial charge in [-0.15, -0.1) is 0 Å². The number of rotatable bonds is 11. The molecule has 0 atom stereocenters. The van der Waals surface area contributed by atoms with Gasteiger partial charge in [0, 0.05) is 5.56 Å². The van der Waals surface area contributed by atoms with Crippen LogP contribution in [0, 0.1) is 13.8 Å². The molecule has 0 amide bonds. The van der Waals surface area contributed by atoms with Crippen molar-refractivity contribution in [2.24, 2.45) is 4.99 Å². The number of ether oxygens (including phenoxy) is 5. The molecule has 3 aromatic carbocycles. The third kappa shape index (κ3) is 6.90. The average Bonchev–Trinajstić information content (AvgIpc) is 3.26. The fourth-order valence-electron chi connectivity index (χ4n) is 3.56. The Bertz CT molecular complexity index is 1320. The third-order valence-electron chi connectivity index (χ3n) is 5.65. The van der Waals surface area contributed by atoms with E-state index in [2.05, 4.69) is 18.8 Å². The molecule has 1 aliphatic rings. The number of aryl methyl sites for hydroxylation is 2. The minimum absolute atomic E-state index is 0.169. The monoisotopic (exact) mass is 521 g/mol. The largest absolute Gasteiger partial charge is 0.493 e. The van der Waals surface area contributed by atoms with Gasteiger partial charge in [0.25, 0.3) is 0 Å². The first kappa shape index (κ1) is 26.3. The quantitative estimate of drug-likeness (QED) is 0.181. The zero-order valence-corrected chi connectivity index (χ0v) is 21.7. The summed E-state index contributed by atoms with van der Waals surface area (Å²) in [6.45, 7) is 5.61. The Morgan fingerprint density at radius 3 is 2.41 bits per heavy atom. The summed E-state index contributed by atoms with van der Waals surface area (Å²) in [5.41, 5.74) is 3.93. The summed E-state index contributed by atoms with van der Waals surface area (Å²) in [5.74, 6) is 1.37. The van der Waals surface area contributed by atoms with E-state index in [9.17, 15) is 4.79 Å². The molecular formula is C29H28ClNO6. The maximum absolute atomic E-state index is 12.3. The van der Waals surface area contributed by atoms with Crippen molar-refractivity contribution in [3.63, 3.8) is 0 Å². The van der Waals surface area contributed by atoms with Gasteiger partial charge in [0.15, 0.2) is 17.2 Å². The van der Waals surface area contributed by atoms with Crippen molar-refractivity contribution in [3.8, 4) is 17.2 Å². The number of nitrogens with zero attached hydrogens (tertiary/aromatic N) is 1. The highest BCUT2D eigenvalue weighted by Crippen LogP contribution is 2.37. The van der Waals surface area contributed by atoms with Gasteiger partial charge in [-0.2, -0.15) is 0 Å². The predicted molar refractivity (Wildman–Crippen MR) is 143 cm³/mol. The summed E-state index contributed by atoms with van der Waals surface area (Å²) in [5, 5.41) is 0.336. The third-order valence-corrected chi connectivity index (χ3v) is 5.93. The number of hydrogen-bond donors (Lipinski definition) is 0. The molecule has 0 unspecified atom stereocenters. The highest BCUT2D eigenvalue weighted by atomic mass is 35.5. The molecule has 0 bridgehead atoms. The first-order chi connectivity index (χ1) is 17.9. The molecule has 0 aromatic heterocycles. The highest BCUT2D eigenvalue weighted by Gasteiger charge is 2.24. The summed E-state index contributed by atoms with van der Waals surface area (Å²) in [6, 6.07) is 18.6. The Hall–Kier alpha value is -3.81. The number of aliphatic imine (C=N–C) groups is 1. The Morgan fingerprint density at radius 1 is 0.919 bits per heavy atom. The zero-order valence-electron chi connectivity index (χ0n) is 21.0. The lowest BCUT2D eigenvalue weighted by molar-refractivity contribution is -0.129. The van der Waals surface area contributed by atoms with Gasteiger partial charge >= 0.3 is 5.97 Å². The fraction of sp³-hybridized carbons (Fsp3) is 0.241. The van der Waals surface area contributed by atoms with E-state index in [-0.39, 0.29) is 18.2 Å². The van der Waals surface area contributed by atoms with Crippen LogP contribution in [0.1, 0.15) is 22.3 Å². The van der Waals surface area contributed by atoms with Crippen molar-refractivity contribution in [2.75, 3.05) is 33.5 Å². The molecule has 0 saturated carbocycles. The lowest BCUT2D eigenvalue weighted by atomic mass is 10.1. The molecule has 0 aliphatic carbocycles. The van der Waals surface area contributed by atoms with Crippen molar-refractivity contribution in [2.45, 2.75) is 13.8 Å². The molecule has 0 N–H and O–H groups in total. The lowest BCUT2D eigenvalue weighted by Gasteiger charge is -2.14. The number of esters is 1. The minimum atomic E-state index is -0.534. The van der Waals surface area contributed by atoms with E-state index in [1.807, 2.05) is 48.5 Å². The first-order valence-electron chi connectivity index (χ1n) is 11.8. The SMILES string of the molecule is COc1cc(C=C2N=C(c3ccccc3)OC2=O)cc(Cl)c1OCCOCCOc1ccc(C)c(C)c1. The zero-order chi connectivity index (χ0) is 26.2. The number of hydrogen-bond acceptors (Lipinski definition) is 7. The van der Waals surface area contributed by atoms with Gasteiger partial charge in [-0.25, -0.2) is 9.79 Å². The van der Waals surface area contributed by atoms with Crippen LogP contribution in [0.25, 0.3) is 6.08 Å². The smallest absolute Gasteiger partial charge is 0.363 e. The van der Waals surface area contributed by atoms with E-state index in [0.29, 0.717) is 41.9 Å². The molecule has 0 radical (unpaired) electrons. The minimum Gasteiger partial charge on any atom is -0.493 e. The van der Waals surface area contributed by atoms with Crippen LogP contribution < -0.4 is 14.2 Å². The number of benzene rings is 3. The van der Waals surface area contributed by atoms with Gasteiger partial charge in [0.2, 0.25) is 5.90 Å². The summed E-state index contributed by atoms with van der Waals surface area (Å²) in [4.78, 5) is 16.6. The molecule has 192 valence electrons. The van der Waals surface area contributed by atoms with E-state index >= 15 is 0 Å². The molecule has 0 fully saturated rings. The number of cyclic esters (lactones) is 1. The number of halogens is 1. The van der Waals surface area contributed by atoms with Crippen molar-refractivity contribution >= 4 is 29.5 Å². The molecule has 1 aliphatic heterocycles. The number of carbonyl (C=O) groups excluding carboxylic acids is 1. The van der Waals surface area contributed by atoms with Gasteiger partial charge in [-0.3, -0.25) is 0 Å². The van der Waals surface area contributed by atoms with Crippen molar-refractivity contribution in [1.29, 1.82) is 0 Å². The molecule has 37 heavy (non-hydrogen) atoms. The summed E-state index contributed by atoms with van der Waals surface area (Å²) < 4.78 is 27.9. The molecule has 8 heteroatoms. The van der Waals surface area contributed by atoms with Gasteiger partial charge in [0.1, 0.15) is 19.0 Å². The summed E-state index contributed by atoms with van der Waals surface area (Å²) >= 11 is 6.47. The second-order valence-corrected chi connectivity index (χ2v) is 8.70. The lowest BCUT2D eigenvalue weighted by Crippen LogP contribution is -2.12. The Labute approximate surface area is 221 Å². The van der Waals surface area contributed by atoms with E-state index < -0.39 is 5.97 Å². The molecule has 4 rings (SSSR count). The molecular weight excluding hydrogens is 494 g/mol. The van der Waals surface area contributed by atoms with Crippen LogP contribution in [0.4, 0.5) is 0 Å². The maximum Gasteiger partial charge on any atom is 0.363 e. The second-order valence-electron chi connectivity index (χ2n) is 8.29. The summed E-state index contributed by atoms with van der Waals surface area (Å²) in [7, 11) is 1.52. The Kier molecular flexibility index (Phi) is 8.82. The van der Waals surface area contributed by atoms with Crippen LogP contribution in [0.2, 0.25) is 5.02 Å². The van der Waals surface area contributed by atoms with Crippen LogP contribution in [0.3, 0.4) is 0 Å². The molecule has 1 heterocycles. The van der Waals surface area contributed by atoms with Crippen molar-refractivity contribution in [3.05, 3.63) is 93.6 Å². The molecule has 7 nitrogen and oxygen atoms in total. The molecule has 3 aromatic rings. The van der Waals surface area contributed by atoms with E-state index in [0.717, 1.165) is 11.3 Å². The number of carbonyl (C=O) groups is 1. The first-order valence-corrected chi connectivity index (χ1v) is 12.2. The van der Waals surface area contributed by atoms with Gasteiger partial charge in [-0.05, 0) is 73.0 Å². The molecule has 0 spiro atoms.